The summed E-state index contributed by atoms with van der Waals surface area (Å²) in [6, 6.07) is 2.73. The highest BCUT2D eigenvalue weighted by Gasteiger charge is 2.25. The number of rotatable bonds is 5. The molecule has 1 aromatic heterocycles. The molecule has 1 heterocycles. The van der Waals surface area contributed by atoms with Crippen LogP contribution in [0.15, 0.2) is 17.2 Å². The van der Waals surface area contributed by atoms with E-state index in [0.29, 0.717) is 12.1 Å². The normalized spacial score (nSPS) is 13.1. The number of carbonyl (C=O) groups is 1. The topological polar surface area (TPSA) is 73.3 Å². The van der Waals surface area contributed by atoms with Crippen molar-refractivity contribution in [2.45, 2.75) is 30.5 Å². The molecule has 1 unspecified atom stereocenters. The number of aromatic nitrogens is 1. The largest absolute Gasteiger partial charge is 0.465 e. The maximum absolute atomic E-state index is 12.2. The third-order valence-corrected chi connectivity index (χ3v) is 5.13. The lowest BCUT2D eigenvalue weighted by Crippen LogP contribution is -2.20. The van der Waals surface area contributed by atoms with Crippen LogP contribution in [0.3, 0.4) is 0 Å². The molecule has 0 spiro atoms. The second kappa shape index (κ2) is 6.34. The molecule has 19 heavy (non-hydrogen) atoms. The molecule has 1 aromatic rings. The Kier molecular flexibility index (Phi) is 5.31. The van der Waals surface area contributed by atoms with Crippen LogP contribution in [0.25, 0.3) is 0 Å². The van der Waals surface area contributed by atoms with Gasteiger partial charge >= 0.3 is 5.97 Å². The second-order valence-electron chi connectivity index (χ2n) is 4.11. The van der Waals surface area contributed by atoms with Crippen LogP contribution >= 0.6 is 11.6 Å². The van der Waals surface area contributed by atoms with E-state index in [1.807, 2.05) is 0 Å². The lowest BCUT2D eigenvalue weighted by Gasteiger charge is -2.12. The minimum Gasteiger partial charge on any atom is -0.465 e. The summed E-state index contributed by atoms with van der Waals surface area (Å²) < 4.78 is 29.0. The van der Waals surface area contributed by atoms with Gasteiger partial charge in [0.25, 0.3) is 0 Å². The lowest BCUT2D eigenvalue weighted by molar-refractivity contribution is 0.0599. The number of halogens is 1. The van der Waals surface area contributed by atoms with Gasteiger partial charge in [0, 0.05) is 5.88 Å². The van der Waals surface area contributed by atoms with Crippen molar-refractivity contribution in [1.82, 2.24) is 4.98 Å². The fraction of sp³-hybridized carbons (Fsp3) is 0.500. The van der Waals surface area contributed by atoms with Crippen molar-refractivity contribution in [3.05, 3.63) is 23.4 Å². The van der Waals surface area contributed by atoms with Crippen LogP contribution in [0.4, 0.5) is 0 Å². The number of nitrogens with zero attached hydrogens (tertiary/aromatic N) is 1. The van der Waals surface area contributed by atoms with E-state index in [1.165, 1.54) is 19.2 Å². The Hall–Kier alpha value is -1.14. The van der Waals surface area contributed by atoms with E-state index in [4.69, 9.17) is 11.6 Å². The molecule has 0 bridgehead atoms. The summed E-state index contributed by atoms with van der Waals surface area (Å²) in [6.45, 7) is 3.15. The van der Waals surface area contributed by atoms with Crippen molar-refractivity contribution in [1.29, 1.82) is 0 Å². The Bertz CT molecular complexity index is 571. The molecule has 0 aliphatic heterocycles. The molecule has 0 saturated carbocycles. The molecule has 0 N–H and O–H groups in total. The summed E-state index contributed by atoms with van der Waals surface area (Å²) in [4.78, 5) is 15.4. The summed E-state index contributed by atoms with van der Waals surface area (Å²) in [5.41, 5.74) is 0.581. The quantitative estimate of drug-likeness (QED) is 0.614. The Labute approximate surface area is 117 Å². The highest BCUT2D eigenvalue weighted by atomic mass is 35.5. The van der Waals surface area contributed by atoms with E-state index in [1.54, 1.807) is 13.8 Å². The first-order chi connectivity index (χ1) is 8.84. The van der Waals surface area contributed by atoms with E-state index < -0.39 is 21.1 Å². The minimum atomic E-state index is -3.52. The number of alkyl halides is 1. The summed E-state index contributed by atoms with van der Waals surface area (Å²) in [6.07, 6.45) is 0.351. The molecule has 106 valence electrons. The molecule has 0 aliphatic carbocycles. The zero-order valence-electron chi connectivity index (χ0n) is 11.0. The average molecular weight is 306 g/mol. The van der Waals surface area contributed by atoms with Crippen molar-refractivity contribution in [3.8, 4) is 0 Å². The lowest BCUT2D eigenvalue weighted by atomic mass is 10.2. The van der Waals surface area contributed by atoms with Crippen molar-refractivity contribution in [3.63, 3.8) is 0 Å². The standard InChI is InChI=1S/C12H16ClNO4S/c1-8(6-7-13)19(16,17)11-5-4-10(9(2)14-11)12(15)18-3/h4-5,8H,6-7H2,1-3H3. The summed E-state index contributed by atoms with van der Waals surface area (Å²) in [5, 5.41) is -0.656. The van der Waals surface area contributed by atoms with Crippen molar-refractivity contribution in [2.24, 2.45) is 0 Å². The predicted molar refractivity (Wildman–Crippen MR) is 72.3 cm³/mol. The summed E-state index contributed by atoms with van der Waals surface area (Å²) >= 11 is 5.56. The maximum atomic E-state index is 12.2. The zero-order valence-corrected chi connectivity index (χ0v) is 12.6. The fourth-order valence-corrected chi connectivity index (χ4v) is 3.36. The first-order valence-electron chi connectivity index (χ1n) is 5.70. The predicted octanol–water partition coefficient (Wildman–Crippen LogP) is 1.97. The van der Waals surface area contributed by atoms with Gasteiger partial charge in [0.1, 0.15) is 0 Å². The van der Waals surface area contributed by atoms with Gasteiger partial charge in [0.15, 0.2) is 14.9 Å². The Morgan fingerprint density at radius 3 is 2.58 bits per heavy atom. The third-order valence-electron chi connectivity index (χ3n) is 2.80. The van der Waals surface area contributed by atoms with Gasteiger partial charge in [0.2, 0.25) is 0 Å². The number of esters is 1. The Morgan fingerprint density at radius 1 is 1.47 bits per heavy atom. The molecule has 0 radical (unpaired) electrons. The van der Waals surface area contributed by atoms with Crippen molar-refractivity contribution >= 4 is 27.4 Å². The van der Waals surface area contributed by atoms with Gasteiger partial charge in [-0.2, -0.15) is 0 Å². The molecule has 1 rings (SSSR count). The average Bonchev–Trinajstić information content (AvgIpc) is 2.37. The first kappa shape index (κ1) is 15.9. The van der Waals surface area contributed by atoms with Gasteiger partial charge in [-0.3, -0.25) is 0 Å². The molecule has 7 heteroatoms. The van der Waals surface area contributed by atoms with Gasteiger partial charge < -0.3 is 4.74 Å². The van der Waals surface area contributed by atoms with Crippen LogP contribution in [0.1, 0.15) is 29.4 Å². The second-order valence-corrected chi connectivity index (χ2v) is 6.80. The first-order valence-corrected chi connectivity index (χ1v) is 7.78. The van der Waals surface area contributed by atoms with Gasteiger partial charge in [-0.1, -0.05) is 0 Å². The number of hydrogen-bond donors (Lipinski definition) is 0. The molecule has 1 atom stereocenters. The highest BCUT2D eigenvalue weighted by molar-refractivity contribution is 7.92. The molecule has 0 amide bonds. The molecule has 0 aliphatic rings. The fourth-order valence-electron chi connectivity index (χ4n) is 1.54. The third kappa shape index (κ3) is 3.45. The molecule has 5 nitrogen and oxygen atoms in total. The number of ether oxygens (including phenoxy) is 1. The van der Waals surface area contributed by atoms with Crippen LogP contribution < -0.4 is 0 Å². The number of pyridine rings is 1. The van der Waals surface area contributed by atoms with Crippen LogP contribution in [0, 0.1) is 6.92 Å². The van der Waals surface area contributed by atoms with E-state index in [9.17, 15) is 13.2 Å². The molecule has 0 aromatic carbocycles. The Balaban J connectivity index is 3.17. The van der Waals surface area contributed by atoms with E-state index in [2.05, 4.69) is 9.72 Å². The SMILES string of the molecule is COC(=O)c1ccc(S(=O)(=O)C(C)CCCl)nc1C. The van der Waals surface area contributed by atoms with E-state index >= 15 is 0 Å². The van der Waals surface area contributed by atoms with Crippen LogP contribution in [0.2, 0.25) is 0 Å². The number of carbonyl (C=O) groups excluding carboxylic acids is 1. The van der Waals surface area contributed by atoms with Crippen LogP contribution in [0.5, 0.6) is 0 Å². The van der Waals surface area contributed by atoms with E-state index in [-0.39, 0.29) is 16.5 Å². The van der Waals surface area contributed by atoms with Gasteiger partial charge in [-0.25, -0.2) is 18.2 Å². The molecular weight excluding hydrogens is 290 g/mol. The van der Waals surface area contributed by atoms with Crippen LogP contribution in [-0.4, -0.2) is 37.6 Å². The number of methoxy groups -OCH3 is 1. The summed E-state index contributed by atoms with van der Waals surface area (Å²) in [5.74, 6) is -0.276. The monoisotopic (exact) mass is 305 g/mol. The number of hydrogen-bond acceptors (Lipinski definition) is 5. The van der Waals surface area contributed by atoms with Gasteiger partial charge in [-0.15, -0.1) is 11.6 Å². The zero-order chi connectivity index (χ0) is 14.6. The van der Waals surface area contributed by atoms with Crippen LogP contribution in [-0.2, 0) is 14.6 Å². The van der Waals surface area contributed by atoms with Gasteiger partial charge in [-0.05, 0) is 32.4 Å². The minimum absolute atomic E-state index is 0.0460. The number of sulfone groups is 1. The van der Waals surface area contributed by atoms with Crippen molar-refractivity contribution in [2.75, 3.05) is 13.0 Å². The smallest absolute Gasteiger partial charge is 0.339 e. The summed E-state index contributed by atoms with van der Waals surface area (Å²) in [7, 11) is -2.26. The maximum Gasteiger partial charge on any atom is 0.339 e. The molecular formula is C12H16ClNO4S. The number of aryl methyl sites for hydroxylation is 1. The Morgan fingerprint density at radius 2 is 2.11 bits per heavy atom. The molecule has 0 saturated heterocycles. The molecule has 0 fully saturated rings. The highest BCUT2D eigenvalue weighted by Crippen LogP contribution is 2.19. The van der Waals surface area contributed by atoms with Gasteiger partial charge in [0.05, 0.1) is 23.6 Å². The van der Waals surface area contributed by atoms with Crippen molar-refractivity contribution < 1.29 is 17.9 Å². The van der Waals surface area contributed by atoms with E-state index in [0.717, 1.165) is 0 Å².